The number of piperidine rings is 1. The first-order valence-corrected chi connectivity index (χ1v) is 8.60. The van der Waals surface area contributed by atoms with Crippen LogP contribution in [0.5, 0.6) is 0 Å². The quantitative estimate of drug-likeness (QED) is 0.874. The lowest BCUT2D eigenvalue weighted by molar-refractivity contribution is -0.123. The first-order valence-electron chi connectivity index (χ1n) is 8.60. The molecule has 0 bridgehead atoms. The molecule has 2 unspecified atom stereocenters. The maximum absolute atomic E-state index is 12.3. The maximum atomic E-state index is 12.3. The van der Waals surface area contributed by atoms with Gasteiger partial charge in [0.05, 0.1) is 6.54 Å². The van der Waals surface area contributed by atoms with Gasteiger partial charge in [-0.1, -0.05) is 38.1 Å². The molecule has 2 rings (SSSR count). The van der Waals surface area contributed by atoms with E-state index in [-0.39, 0.29) is 23.4 Å². The number of amides is 1. The van der Waals surface area contributed by atoms with Gasteiger partial charge < -0.3 is 11.1 Å². The molecule has 1 aliphatic rings. The maximum Gasteiger partial charge on any atom is 0.234 e. The lowest BCUT2D eigenvalue weighted by atomic mass is 9.80. The number of benzene rings is 1. The number of nitrogens with zero attached hydrogens (tertiary/aromatic N) is 1. The number of hydrogen-bond acceptors (Lipinski definition) is 3. The van der Waals surface area contributed by atoms with Gasteiger partial charge in [0, 0.05) is 25.2 Å². The van der Waals surface area contributed by atoms with Crippen LogP contribution < -0.4 is 11.1 Å². The van der Waals surface area contributed by atoms with Crippen molar-refractivity contribution in [3.05, 3.63) is 35.4 Å². The second kappa shape index (κ2) is 7.45. The number of rotatable bonds is 5. The Hall–Kier alpha value is -1.39. The highest BCUT2D eigenvalue weighted by molar-refractivity contribution is 5.78. The van der Waals surface area contributed by atoms with Crippen molar-refractivity contribution in [1.82, 2.24) is 10.2 Å². The van der Waals surface area contributed by atoms with Crippen molar-refractivity contribution in [2.75, 3.05) is 19.6 Å². The summed E-state index contributed by atoms with van der Waals surface area (Å²) in [6.45, 7) is 10.8. The summed E-state index contributed by atoms with van der Waals surface area (Å²) < 4.78 is 0. The van der Waals surface area contributed by atoms with Crippen LogP contribution in [-0.4, -0.2) is 42.5 Å². The summed E-state index contributed by atoms with van der Waals surface area (Å²) in [5, 5.41) is 3.13. The standard InChI is InChI=1S/C19H31N3O/c1-14-7-5-6-8-16(14)11-15(2)21-18(23)12-22-10-9-17(20)19(3,4)13-22/h5-8,15,17H,9-13,20H2,1-4H3,(H,21,23). The first kappa shape index (κ1) is 18.0. The average molecular weight is 317 g/mol. The summed E-state index contributed by atoms with van der Waals surface area (Å²) >= 11 is 0. The first-order chi connectivity index (χ1) is 10.8. The molecule has 1 heterocycles. The van der Waals surface area contributed by atoms with Crippen LogP contribution in [0.4, 0.5) is 0 Å². The summed E-state index contributed by atoms with van der Waals surface area (Å²) in [6.07, 6.45) is 1.83. The van der Waals surface area contributed by atoms with Gasteiger partial charge in [-0.25, -0.2) is 0 Å². The van der Waals surface area contributed by atoms with E-state index in [1.54, 1.807) is 0 Å². The van der Waals surface area contributed by atoms with Gasteiger partial charge >= 0.3 is 0 Å². The van der Waals surface area contributed by atoms with E-state index in [2.05, 4.69) is 56.1 Å². The van der Waals surface area contributed by atoms with Crippen LogP contribution in [0.1, 0.15) is 38.3 Å². The fourth-order valence-corrected chi connectivity index (χ4v) is 3.36. The van der Waals surface area contributed by atoms with Crippen LogP contribution in [0.25, 0.3) is 0 Å². The third-order valence-corrected chi connectivity index (χ3v) is 4.95. The zero-order chi connectivity index (χ0) is 17.0. The van der Waals surface area contributed by atoms with E-state index in [1.165, 1.54) is 11.1 Å². The smallest absolute Gasteiger partial charge is 0.234 e. The highest BCUT2D eigenvalue weighted by Crippen LogP contribution is 2.27. The van der Waals surface area contributed by atoms with Crippen molar-refractivity contribution in [3.63, 3.8) is 0 Å². The lowest BCUT2D eigenvalue weighted by Crippen LogP contribution is -2.54. The minimum absolute atomic E-state index is 0.0747. The Kier molecular flexibility index (Phi) is 5.82. The average Bonchev–Trinajstić information content (AvgIpc) is 2.45. The van der Waals surface area contributed by atoms with Crippen LogP contribution >= 0.6 is 0 Å². The Morgan fingerprint density at radius 2 is 2.13 bits per heavy atom. The molecular weight excluding hydrogens is 286 g/mol. The van der Waals surface area contributed by atoms with Crippen LogP contribution in [0.3, 0.4) is 0 Å². The van der Waals surface area contributed by atoms with Crippen molar-refractivity contribution < 1.29 is 4.79 Å². The molecule has 4 nitrogen and oxygen atoms in total. The Balaban J connectivity index is 1.82. The Bertz CT molecular complexity index is 541. The predicted octanol–water partition coefficient (Wildman–Crippen LogP) is 2.10. The van der Waals surface area contributed by atoms with Crippen molar-refractivity contribution in [3.8, 4) is 0 Å². The van der Waals surface area contributed by atoms with Gasteiger partial charge in [0.2, 0.25) is 5.91 Å². The minimum atomic E-state index is 0.0747. The largest absolute Gasteiger partial charge is 0.352 e. The topological polar surface area (TPSA) is 58.4 Å². The monoisotopic (exact) mass is 317 g/mol. The molecule has 0 aromatic heterocycles. The molecule has 1 amide bonds. The second-order valence-corrected chi connectivity index (χ2v) is 7.69. The molecule has 1 aromatic rings. The van der Waals surface area contributed by atoms with Gasteiger partial charge in [-0.3, -0.25) is 9.69 Å². The summed E-state index contributed by atoms with van der Waals surface area (Å²) in [6, 6.07) is 8.71. The Morgan fingerprint density at radius 1 is 1.43 bits per heavy atom. The van der Waals surface area contributed by atoms with Crippen molar-refractivity contribution in [2.24, 2.45) is 11.1 Å². The van der Waals surface area contributed by atoms with Crippen molar-refractivity contribution in [1.29, 1.82) is 0 Å². The van der Waals surface area contributed by atoms with E-state index in [0.29, 0.717) is 6.54 Å². The second-order valence-electron chi connectivity index (χ2n) is 7.69. The number of hydrogen-bond donors (Lipinski definition) is 2. The number of likely N-dealkylation sites (tertiary alicyclic amines) is 1. The molecule has 0 spiro atoms. The van der Waals surface area contributed by atoms with Crippen LogP contribution in [-0.2, 0) is 11.2 Å². The van der Waals surface area contributed by atoms with Crippen molar-refractivity contribution in [2.45, 2.75) is 52.6 Å². The van der Waals surface area contributed by atoms with E-state index in [4.69, 9.17) is 5.73 Å². The Labute approximate surface area is 140 Å². The molecule has 23 heavy (non-hydrogen) atoms. The summed E-state index contributed by atoms with van der Waals surface area (Å²) in [4.78, 5) is 14.5. The molecule has 0 aliphatic carbocycles. The van der Waals surface area contributed by atoms with E-state index in [0.717, 1.165) is 25.9 Å². The molecular formula is C19H31N3O. The zero-order valence-electron chi connectivity index (χ0n) is 14.9. The van der Waals surface area contributed by atoms with Gasteiger partial charge in [0.25, 0.3) is 0 Å². The number of nitrogens with two attached hydrogens (primary N) is 1. The molecule has 1 saturated heterocycles. The van der Waals surface area contributed by atoms with Crippen LogP contribution in [0.15, 0.2) is 24.3 Å². The number of nitrogens with one attached hydrogen (secondary N) is 1. The van der Waals surface area contributed by atoms with E-state index in [9.17, 15) is 4.79 Å². The molecule has 1 aromatic carbocycles. The van der Waals surface area contributed by atoms with Gasteiger partial charge in [-0.15, -0.1) is 0 Å². The van der Waals surface area contributed by atoms with Gasteiger partial charge in [0.15, 0.2) is 0 Å². The van der Waals surface area contributed by atoms with Crippen LogP contribution in [0.2, 0.25) is 0 Å². The number of carbonyl (C=O) groups is 1. The van der Waals surface area contributed by atoms with E-state index < -0.39 is 0 Å². The van der Waals surface area contributed by atoms with Gasteiger partial charge in [-0.2, -0.15) is 0 Å². The molecule has 4 heteroatoms. The molecule has 128 valence electrons. The molecule has 0 radical (unpaired) electrons. The molecule has 3 N–H and O–H groups in total. The van der Waals surface area contributed by atoms with E-state index in [1.807, 2.05) is 6.07 Å². The molecule has 1 aliphatic heterocycles. The predicted molar refractivity (Wildman–Crippen MR) is 95.3 cm³/mol. The number of carbonyl (C=O) groups excluding carboxylic acids is 1. The zero-order valence-corrected chi connectivity index (χ0v) is 14.9. The third kappa shape index (κ3) is 5.05. The minimum Gasteiger partial charge on any atom is -0.352 e. The molecule has 2 atom stereocenters. The fourth-order valence-electron chi connectivity index (χ4n) is 3.36. The third-order valence-electron chi connectivity index (χ3n) is 4.95. The van der Waals surface area contributed by atoms with Gasteiger partial charge in [0.1, 0.15) is 0 Å². The fraction of sp³-hybridized carbons (Fsp3) is 0.632. The molecule has 1 fully saturated rings. The summed E-state index contributed by atoms with van der Waals surface area (Å²) in [5.41, 5.74) is 8.81. The summed E-state index contributed by atoms with van der Waals surface area (Å²) in [7, 11) is 0. The SMILES string of the molecule is Cc1ccccc1CC(C)NC(=O)CN1CCC(N)C(C)(C)C1. The van der Waals surface area contributed by atoms with E-state index >= 15 is 0 Å². The Morgan fingerprint density at radius 3 is 2.78 bits per heavy atom. The normalized spacial score (nSPS) is 22.6. The molecule has 0 saturated carbocycles. The lowest BCUT2D eigenvalue weighted by Gasteiger charge is -2.42. The summed E-state index contributed by atoms with van der Waals surface area (Å²) in [5.74, 6) is 0.109. The number of aryl methyl sites for hydroxylation is 1. The van der Waals surface area contributed by atoms with Crippen LogP contribution in [0, 0.1) is 12.3 Å². The van der Waals surface area contributed by atoms with Gasteiger partial charge in [-0.05, 0) is 43.2 Å². The van der Waals surface area contributed by atoms with Crippen molar-refractivity contribution >= 4 is 5.91 Å². The highest BCUT2D eigenvalue weighted by atomic mass is 16.2. The highest BCUT2D eigenvalue weighted by Gasteiger charge is 2.33.